The number of carbonyl (C=O) groups is 1. The maximum Gasteiger partial charge on any atom is 0.237 e. The zero-order chi connectivity index (χ0) is 22.5. The van der Waals surface area contributed by atoms with Crippen LogP contribution >= 0.6 is 11.8 Å². The molecule has 1 amide bonds. The summed E-state index contributed by atoms with van der Waals surface area (Å²) >= 11 is 1.42. The van der Waals surface area contributed by atoms with Crippen molar-refractivity contribution in [1.82, 2.24) is 14.8 Å². The lowest BCUT2D eigenvalue weighted by Gasteiger charge is -2.31. The number of nitrogens with zero attached hydrogens (tertiary/aromatic N) is 5. The zero-order valence-corrected chi connectivity index (χ0v) is 19.5. The van der Waals surface area contributed by atoms with Crippen molar-refractivity contribution in [2.75, 3.05) is 29.9 Å². The van der Waals surface area contributed by atoms with Crippen LogP contribution in [0.15, 0.2) is 29.4 Å². The van der Waals surface area contributed by atoms with Crippen molar-refractivity contribution >= 4 is 29.3 Å². The first-order valence-corrected chi connectivity index (χ1v) is 12.2. The van der Waals surface area contributed by atoms with Crippen LogP contribution in [0.3, 0.4) is 0 Å². The molecule has 2 aliphatic heterocycles. The van der Waals surface area contributed by atoms with E-state index < -0.39 is 0 Å². The van der Waals surface area contributed by atoms with Gasteiger partial charge in [0.1, 0.15) is 0 Å². The molecule has 0 unspecified atom stereocenters. The fraction of sp³-hybridized carbons (Fsp3) is 0.565. The van der Waals surface area contributed by atoms with Crippen LogP contribution in [0.1, 0.15) is 45.1 Å². The number of hydrogen-bond acceptors (Lipinski definition) is 7. The number of benzene rings is 1. The smallest absolute Gasteiger partial charge is 0.237 e. The molecule has 8 nitrogen and oxygen atoms in total. The summed E-state index contributed by atoms with van der Waals surface area (Å²) in [5, 5.41) is 21.2. The molecule has 32 heavy (non-hydrogen) atoms. The molecule has 170 valence electrons. The second-order valence-electron chi connectivity index (χ2n) is 8.64. The molecule has 0 bridgehead atoms. The van der Waals surface area contributed by atoms with E-state index in [1.54, 1.807) is 24.3 Å². The molecular formula is C23H30N6O2S. The van der Waals surface area contributed by atoms with E-state index in [1.807, 2.05) is 6.92 Å². The van der Waals surface area contributed by atoms with Gasteiger partial charge in [-0.1, -0.05) is 18.7 Å². The number of amides is 1. The van der Waals surface area contributed by atoms with Gasteiger partial charge in [0, 0.05) is 25.4 Å². The molecule has 4 rings (SSSR count). The molecule has 2 fully saturated rings. The number of carbonyl (C=O) groups excluding carboxylic acids is 1. The van der Waals surface area contributed by atoms with Crippen LogP contribution in [0, 0.1) is 17.2 Å². The summed E-state index contributed by atoms with van der Waals surface area (Å²) in [6.45, 7) is 7.63. The molecule has 1 N–H and O–H groups in total. The molecule has 2 aromatic rings. The summed E-state index contributed by atoms with van der Waals surface area (Å²) in [6, 6.07) is 8.94. The topological polar surface area (TPSA) is 96.1 Å². The average Bonchev–Trinajstić information content (AvgIpc) is 3.46. The number of thioether (sulfide) groups is 1. The summed E-state index contributed by atoms with van der Waals surface area (Å²) in [4.78, 5) is 15.1. The predicted molar refractivity (Wildman–Crippen MR) is 125 cm³/mol. The molecule has 0 spiro atoms. The Morgan fingerprint density at radius 1 is 1.28 bits per heavy atom. The maximum atomic E-state index is 12.8. The van der Waals surface area contributed by atoms with E-state index in [-0.39, 0.29) is 17.3 Å². The fourth-order valence-electron chi connectivity index (χ4n) is 4.05. The molecule has 2 atom stereocenters. The molecule has 1 aromatic carbocycles. The van der Waals surface area contributed by atoms with E-state index in [0.717, 1.165) is 62.4 Å². The molecule has 0 aliphatic carbocycles. The molecule has 3 heterocycles. The lowest BCUT2D eigenvalue weighted by Crippen LogP contribution is -2.35. The van der Waals surface area contributed by atoms with Gasteiger partial charge in [0.15, 0.2) is 5.16 Å². The number of piperidine rings is 1. The molecule has 0 saturated carbocycles. The monoisotopic (exact) mass is 454 g/mol. The average molecular weight is 455 g/mol. The summed E-state index contributed by atoms with van der Waals surface area (Å²) < 4.78 is 8.03. The highest BCUT2D eigenvalue weighted by molar-refractivity contribution is 8.00. The molecule has 2 aliphatic rings. The largest absolute Gasteiger partial charge is 0.376 e. The van der Waals surface area contributed by atoms with E-state index in [0.29, 0.717) is 17.8 Å². The summed E-state index contributed by atoms with van der Waals surface area (Å²) in [6.07, 6.45) is 4.58. The van der Waals surface area contributed by atoms with Crippen molar-refractivity contribution in [3.8, 4) is 6.07 Å². The Kier molecular flexibility index (Phi) is 7.33. The number of hydrogen-bond donors (Lipinski definition) is 1. The molecule has 0 radical (unpaired) electrons. The van der Waals surface area contributed by atoms with E-state index >= 15 is 0 Å². The van der Waals surface area contributed by atoms with Gasteiger partial charge in [0.05, 0.1) is 29.5 Å². The minimum Gasteiger partial charge on any atom is -0.376 e. The number of aromatic nitrogens is 3. The van der Waals surface area contributed by atoms with E-state index in [1.165, 1.54) is 11.8 Å². The Bertz CT molecular complexity index is 956. The van der Waals surface area contributed by atoms with Gasteiger partial charge in [-0.05, 0) is 62.8 Å². The van der Waals surface area contributed by atoms with Crippen molar-refractivity contribution in [1.29, 1.82) is 5.26 Å². The van der Waals surface area contributed by atoms with Crippen LogP contribution in [0.25, 0.3) is 0 Å². The molecular weight excluding hydrogens is 424 g/mol. The van der Waals surface area contributed by atoms with Crippen molar-refractivity contribution in [3.63, 3.8) is 0 Å². The summed E-state index contributed by atoms with van der Waals surface area (Å²) in [5.74, 6) is 1.51. The Morgan fingerprint density at radius 2 is 2.03 bits per heavy atom. The van der Waals surface area contributed by atoms with Crippen LogP contribution in [0.2, 0.25) is 0 Å². The standard InChI is InChI=1S/C23H30N6O2S/c1-16-9-11-28(12-10-16)22-26-27-23(29(22)15-20-4-3-13-31-20)32-17(2)21(30)25-19-7-5-18(14-24)6-8-19/h5-8,16-17,20H,3-4,9-13,15H2,1-2H3,(H,25,30)/t17-,20+/m0/s1. The quantitative estimate of drug-likeness (QED) is 0.638. The second kappa shape index (κ2) is 10.4. The highest BCUT2D eigenvalue weighted by atomic mass is 32.2. The Hall–Kier alpha value is -2.57. The van der Waals surface area contributed by atoms with Crippen LogP contribution in [0.4, 0.5) is 11.6 Å². The van der Waals surface area contributed by atoms with Gasteiger partial charge in [-0.15, -0.1) is 10.2 Å². The van der Waals surface area contributed by atoms with Crippen LogP contribution in [0.5, 0.6) is 0 Å². The van der Waals surface area contributed by atoms with Gasteiger partial charge in [0.2, 0.25) is 11.9 Å². The lowest BCUT2D eigenvalue weighted by atomic mass is 10.00. The predicted octanol–water partition coefficient (Wildman–Crippen LogP) is 3.68. The second-order valence-corrected chi connectivity index (χ2v) is 9.94. The normalized spacial score (nSPS) is 20.2. The van der Waals surface area contributed by atoms with E-state index in [2.05, 4.69) is 38.0 Å². The SMILES string of the molecule is CC1CCN(c2nnc(S[C@@H](C)C(=O)Nc3ccc(C#N)cc3)n2C[C@H]2CCCO2)CC1. The number of rotatable bonds is 7. The third-order valence-corrected chi connectivity index (χ3v) is 7.19. The molecule has 2 saturated heterocycles. The van der Waals surface area contributed by atoms with Gasteiger partial charge in [-0.25, -0.2) is 0 Å². The van der Waals surface area contributed by atoms with Gasteiger partial charge < -0.3 is 15.0 Å². The van der Waals surface area contributed by atoms with Gasteiger partial charge >= 0.3 is 0 Å². The van der Waals surface area contributed by atoms with Crippen molar-refractivity contribution in [2.45, 2.75) is 62.6 Å². The number of nitrogens with one attached hydrogen (secondary N) is 1. The van der Waals surface area contributed by atoms with Gasteiger partial charge in [-0.2, -0.15) is 5.26 Å². The highest BCUT2D eigenvalue weighted by Gasteiger charge is 2.27. The van der Waals surface area contributed by atoms with E-state index in [9.17, 15) is 4.79 Å². The van der Waals surface area contributed by atoms with E-state index in [4.69, 9.17) is 10.00 Å². The van der Waals surface area contributed by atoms with Crippen molar-refractivity contribution in [3.05, 3.63) is 29.8 Å². The first-order valence-electron chi connectivity index (χ1n) is 11.3. The summed E-state index contributed by atoms with van der Waals surface area (Å²) in [7, 11) is 0. The Labute approximate surface area is 193 Å². The molecule has 9 heteroatoms. The van der Waals surface area contributed by atoms with Gasteiger partial charge in [-0.3, -0.25) is 9.36 Å². The lowest BCUT2D eigenvalue weighted by molar-refractivity contribution is -0.115. The maximum absolute atomic E-state index is 12.8. The van der Waals surface area contributed by atoms with Crippen molar-refractivity contribution in [2.24, 2.45) is 5.92 Å². The Morgan fingerprint density at radius 3 is 2.69 bits per heavy atom. The zero-order valence-electron chi connectivity index (χ0n) is 18.7. The van der Waals surface area contributed by atoms with Crippen LogP contribution in [-0.2, 0) is 16.1 Å². The first kappa shape index (κ1) is 22.6. The molecule has 1 aromatic heterocycles. The number of ether oxygens (including phenoxy) is 1. The van der Waals surface area contributed by atoms with Crippen molar-refractivity contribution < 1.29 is 9.53 Å². The minimum absolute atomic E-state index is 0.111. The fourth-order valence-corrected chi connectivity index (χ4v) is 4.90. The van der Waals surface area contributed by atoms with Gasteiger partial charge in [0.25, 0.3) is 0 Å². The van der Waals surface area contributed by atoms with Crippen LogP contribution in [-0.4, -0.2) is 51.7 Å². The minimum atomic E-state index is -0.354. The highest BCUT2D eigenvalue weighted by Crippen LogP contribution is 2.30. The first-order chi connectivity index (χ1) is 15.5. The number of nitriles is 1. The summed E-state index contributed by atoms with van der Waals surface area (Å²) in [5.41, 5.74) is 1.23. The third-order valence-electron chi connectivity index (χ3n) is 6.11. The Balaban J connectivity index is 1.47. The van der Waals surface area contributed by atoms with Crippen LogP contribution < -0.4 is 10.2 Å². The third kappa shape index (κ3) is 5.43. The number of anilines is 2.